The van der Waals surface area contributed by atoms with Gasteiger partial charge in [0.25, 0.3) is 0 Å². The molecular formula is C26H28O3. The molecule has 0 amide bonds. The van der Waals surface area contributed by atoms with Crippen molar-refractivity contribution in [1.29, 1.82) is 0 Å². The van der Waals surface area contributed by atoms with Crippen molar-refractivity contribution in [2.45, 2.75) is 52.6 Å². The van der Waals surface area contributed by atoms with Crippen LogP contribution in [0.5, 0.6) is 0 Å². The predicted octanol–water partition coefficient (Wildman–Crippen LogP) is 5.92. The van der Waals surface area contributed by atoms with Crippen LogP contribution in [0.1, 0.15) is 63.5 Å². The number of carbonyl (C=O) groups is 2. The fourth-order valence-electron chi connectivity index (χ4n) is 3.76. The van der Waals surface area contributed by atoms with Gasteiger partial charge in [0.2, 0.25) is 0 Å². The van der Waals surface area contributed by atoms with E-state index in [1.54, 1.807) is 6.08 Å². The summed E-state index contributed by atoms with van der Waals surface area (Å²) in [7, 11) is 0. The minimum absolute atomic E-state index is 0.00722. The van der Waals surface area contributed by atoms with E-state index in [1.165, 1.54) is 0 Å². The molecule has 0 aliphatic carbocycles. The molecule has 3 nitrogen and oxygen atoms in total. The van der Waals surface area contributed by atoms with Gasteiger partial charge < -0.3 is 4.74 Å². The van der Waals surface area contributed by atoms with E-state index in [9.17, 15) is 9.59 Å². The third-order valence-corrected chi connectivity index (χ3v) is 5.47. The molecule has 0 saturated carbocycles. The molecule has 29 heavy (non-hydrogen) atoms. The molecule has 0 fully saturated rings. The molecule has 1 atom stereocenters. The van der Waals surface area contributed by atoms with Crippen molar-refractivity contribution in [2.75, 3.05) is 0 Å². The molecule has 2 aromatic carbocycles. The van der Waals surface area contributed by atoms with Crippen LogP contribution in [-0.2, 0) is 16.0 Å². The number of aryl methyl sites for hydroxylation is 2. The molecule has 1 aliphatic rings. The highest BCUT2D eigenvalue weighted by atomic mass is 16.5. The lowest BCUT2D eigenvalue weighted by molar-refractivity contribution is -0.114. The monoisotopic (exact) mass is 388 g/mol. The SMILES string of the molecule is Cc1cc(C)c2c(c1C)CC(=O)/C=C/CC/C=C/CC(c1ccccc1)OC2=O. The van der Waals surface area contributed by atoms with Crippen molar-refractivity contribution >= 4 is 11.8 Å². The molecule has 3 rings (SSSR count). The first-order chi connectivity index (χ1) is 14.0. The molecule has 3 heteroatoms. The molecule has 2 aromatic rings. The maximum atomic E-state index is 13.3. The summed E-state index contributed by atoms with van der Waals surface area (Å²) >= 11 is 0. The Morgan fingerprint density at radius 2 is 1.62 bits per heavy atom. The second-order valence-corrected chi connectivity index (χ2v) is 7.62. The smallest absolute Gasteiger partial charge is 0.339 e. The number of fused-ring (bicyclic) bond motifs is 1. The van der Waals surface area contributed by atoms with Gasteiger partial charge in [-0.2, -0.15) is 0 Å². The van der Waals surface area contributed by atoms with Crippen LogP contribution in [0.3, 0.4) is 0 Å². The number of allylic oxidation sites excluding steroid dienone is 3. The van der Waals surface area contributed by atoms with E-state index in [2.05, 4.69) is 12.2 Å². The summed E-state index contributed by atoms with van der Waals surface area (Å²) in [6.07, 6.45) is 9.84. The number of carbonyl (C=O) groups excluding carboxylic acids is 2. The Bertz CT molecular complexity index is 952. The second kappa shape index (κ2) is 9.51. The first kappa shape index (κ1) is 20.8. The summed E-state index contributed by atoms with van der Waals surface area (Å²) in [5.41, 5.74) is 5.18. The van der Waals surface area contributed by atoms with Crippen LogP contribution >= 0.6 is 0 Å². The predicted molar refractivity (Wildman–Crippen MR) is 116 cm³/mol. The maximum absolute atomic E-state index is 13.3. The molecule has 0 bridgehead atoms. The summed E-state index contributed by atoms with van der Waals surface area (Å²) in [6.45, 7) is 5.89. The normalized spacial score (nSPS) is 20.3. The molecule has 0 aromatic heterocycles. The molecule has 0 N–H and O–H groups in total. The van der Waals surface area contributed by atoms with Crippen LogP contribution in [0.2, 0.25) is 0 Å². The summed E-state index contributed by atoms with van der Waals surface area (Å²) in [4.78, 5) is 25.8. The van der Waals surface area contributed by atoms with Gasteiger partial charge in [-0.15, -0.1) is 0 Å². The zero-order chi connectivity index (χ0) is 20.8. The Hall–Kier alpha value is -2.94. The Labute approximate surface area is 173 Å². The minimum Gasteiger partial charge on any atom is -0.454 e. The van der Waals surface area contributed by atoms with Crippen LogP contribution in [0.15, 0.2) is 60.7 Å². The van der Waals surface area contributed by atoms with E-state index in [-0.39, 0.29) is 24.3 Å². The minimum atomic E-state index is -0.364. The van der Waals surface area contributed by atoms with E-state index < -0.39 is 0 Å². The topological polar surface area (TPSA) is 43.4 Å². The van der Waals surface area contributed by atoms with Crippen LogP contribution in [0.4, 0.5) is 0 Å². The molecule has 0 spiro atoms. The Balaban J connectivity index is 2.06. The second-order valence-electron chi connectivity index (χ2n) is 7.62. The summed E-state index contributed by atoms with van der Waals surface area (Å²) < 4.78 is 6.00. The number of ether oxygens (including phenoxy) is 1. The highest BCUT2D eigenvalue weighted by Gasteiger charge is 2.24. The third kappa shape index (κ3) is 5.11. The van der Waals surface area contributed by atoms with Crippen molar-refractivity contribution in [3.05, 3.63) is 94.1 Å². The van der Waals surface area contributed by atoms with Gasteiger partial charge in [0.15, 0.2) is 5.78 Å². The van der Waals surface area contributed by atoms with Gasteiger partial charge in [0, 0.05) is 12.8 Å². The lowest BCUT2D eigenvalue weighted by Gasteiger charge is -2.21. The molecule has 1 unspecified atom stereocenters. The number of rotatable bonds is 1. The van der Waals surface area contributed by atoms with Crippen molar-refractivity contribution in [1.82, 2.24) is 0 Å². The molecule has 0 radical (unpaired) electrons. The highest BCUT2D eigenvalue weighted by Crippen LogP contribution is 2.28. The number of ketones is 1. The lowest BCUT2D eigenvalue weighted by Crippen LogP contribution is -2.17. The fraction of sp³-hybridized carbons (Fsp3) is 0.308. The highest BCUT2D eigenvalue weighted by molar-refractivity contribution is 5.98. The van der Waals surface area contributed by atoms with E-state index in [0.29, 0.717) is 12.0 Å². The van der Waals surface area contributed by atoms with Gasteiger partial charge in [-0.05, 0) is 67.5 Å². The van der Waals surface area contributed by atoms with Crippen molar-refractivity contribution < 1.29 is 14.3 Å². The van der Waals surface area contributed by atoms with E-state index in [1.807, 2.05) is 63.2 Å². The lowest BCUT2D eigenvalue weighted by atomic mass is 9.90. The van der Waals surface area contributed by atoms with Crippen molar-refractivity contribution in [3.8, 4) is 0 Å². The number of esters is 1. The summed E-state index contributed by atoms with van der Waals surface area (Å²) in [6, 6.07) is 11.8. The maximum Gasteiger partial charge on any atom is 0.339 e. The van der Waals surface area contributed by atoms with E-state index in [4.69, 9.17) is 4.74 Å². The van der Waals surface area contributed by atoms with Gasteiger partial charge in [-0.1, -0.05) is 54.6 Å². The standard InChI is InChI=1S/C26H28O3/c1-18-16-19(2)25-23(20(18)3)17-22(27)14-10-5-4-6-11-15-24(29-26(25)28)21-12-8-7-9-13-21/h6-14,16,24H,4-5,15,17H2,1-3H3/b11-6+,14-10+. The molecule has 1 aliphatic heterocycles. The molecule has 150 valence electrons. The van der Waals surface area contributed by atoms with Gasteiger partial charge in [0.1, 0.15) is 6.10 Å². The van der Waals surface area contributed by atoms with Crippen LogP contribution in [0, 0.1) is 20.8 Å². The van der Waals surface area contributed by atoms with Gasteiger partial charge >= 0.3 is 5.97 Å². The summed E-state index contributed by atoms with van der Waals surface area (Å²) in [5, 5.41) is 0. The van der Waals surface area contributed by atoms with E-state index >= 15 is 0 Å². The van der Waals surface area contributed by atoms with Gasteiger partial charge in [-0.3, -0.25) is 4.79 Å². The molecular weight excluding hydrogens is 360 g/mol. The molecule has 0 saturated heterocycles. The largest absolute Gasteiger partial charge is 0.454 e. The Morgan fingerprint density at radius 1 is 0.897 bits per heavy atom. The van der Waals surface area contributed by atoms with Gasteiger partial charge in [-0.25, -0.2) is 4.79 Å². The zero-order valence-electron chi connectivity index (χ0n) is 17.4. The van der Waals surface area contributed by atoms with E-state index in [0.717, 1.165) is 40.7 Å². The fourth-order valence-corrected chi connectivity index (χ4v) is 3.76. The van der Waals surface area contributed by atoms with Crippen molar-refractivity contribution in [3.63, 3.8) is 0 Å². The van der Waals surface area contributed by atoms with Crippen LogP contribution in [0.25, 0.3) is 0 Å². The Morgan fingerprint density at radius 3 is 2.38 bits per heavy atom. The quantitative estimate of drug-likeness (QED) is 0.450. The first-order valence-electron chi connectivity index (χ1n) is 10.2. The summed E-state index contributed by atoms with van der Waals surface area (Å²) in [5.74, 6) is -0.357. The average Bonchev–Trinajstić information content (AvgIpc) is 2.70. The Kier molecular flexibility index (Phi) is 6.82. The number of hydrogen-bond acceptors (Lipinski definition) is 3. The average molecular weight is 389 g/mol. The van der Waals surface area contributed by atoms with Crippen molar-refractivity contribution in [2.24, 2.45) is 0 Å². The number of benzene rings is 2. The van der Waals surface area contributed by atoms with Gasteiger partial charge in [0.05, 0.1) is 5.56 Å². The number of cyclic esters (lactones) is 1. The van der Waals surface area contributed by atoms with Crippen LogP contribution < -0.4 is 0 Å². The third-order valence-electron chi connectivity index (χ3n) is 5.47. The zero-order valence-corrected chi connectivity index (χ0v) is 17.4. The first-order valence-corrected chi connectivity index (χ1v) is 10.2. The molecule has 1 heterocycles. The van der Waals surface area contributed by atoms with Crippen LogP contribution in [-0.4, -0.2) is 11.8 Å². The number of hydrogen-bond donors (Lipinski definition) is 0.